The molecule has 0 spiro atoms. The molecule has 2 rings (SSSR count). The van der Waals surface area contributed by atoms with Crippen LogP contribution in [-0.2, 0) is 4.18 Å². The third-order valence-corrected chi connectivity index (χ3v) is 3.47. The van der Waals surface area contributed by atoms with E-state index in [1.54, 1.807) is 0 Å². The first-order chi connectivity index (χ1) is 7.29. The van der Waals surface area contributed by atoms with Gasteiger partial charge in [0, 0.05) is 35.4 Å². The molecule has 1 aliphatic rings. The molecule has 0 N–H and O–H groups in total. The van der Waals surface area contributed by atoms with Crippen molar-refractivity contribution in [3.05, 3.63) is 28.7 Å². The van der Waals surface area contributed by atoms with Gasteiger partial charge in [-0.1, -0.05) is 15.9 Å². The van der Waals surface area contributed by atoms with E-state index in [0.29, 0.717) is 5.92 Å². The highest BCUT2D eigenvalue weighted by molar-refractivity contribution is 9.10. The molecule has 0 saturated carbocycles. The third kappa shape index (κ3) is 2.89. The smallest absolute Gasteiger partial charge is 0.0675 e. The zero-order valence-electron chi connectivity index (χ0n) is 8.65. The first kappa shape index (κ1) is 11.3. The van der Waals surface area contributed by atoms with Crippen LogP contribution in [0.5, 0.6) is 0 Å². The van der Waals surface area contributed by atoms with E-state index < -0.39 is 0 Å². The van der Waals surface area contributed by atoms with E-state index in [9.17, 15) is 0 Å². The van der Waals surface area contributed by atoms with Crippen LogP contribution in [0.4, 0.5) is 5.69 Å². The van der Waals surface area contributed by atoms with Gasteiger partial charge in [0.15, 0.2) is 0 Å². The summed E-state index contributed by atoms with van der Waals surface area (Å²) >= 11 is 4.89. The van der Waals surface area contributed by atoms with E-state index in [4.69, 9.17) is 4.18 Å². The number of nitrogens with zero attached hydrogens (tertiary/aromatic N) is 1. The summed E-state index contributed by atoms with van der Waals surface area (Å²) in [5.41, 5.74) is 1.30. The SMILES string of the molecule is CSOCC1CN(c2ccc(Br)cc2)C1. The van der Waals surface area contributed by atoms with Crippen LogP contribution in [-0.4, -0.2) is 26.0 Å². The van der Waals surface area contributed by atoms with E-state index in [0.717, 1.165) is 24.2 Å². The van der Waals surface area contributed by atoms with Crippen LogP contribution < -0.4 is 4.90 Å². The van der Waals surface area contributed by atoms with Crippen LogP contribution in [0, 0.1) is 5.92 Å². The average Bonchev–Trinajstić information content (AvgIpc) is 2.18. The van der Waals surface area contributed by atoms with Gasteiger partial charge in [0.05, 0.1) is 6.61 Å². The second kappa shape index (κ2) is 5.23. The normalized spacial score (nSPS) is 16.5. The molecule has 1 aliphatic heterocycles. The molecule has 0 radical (unpaired) electrons. The Morgan fingerprint density at radius 3 is 2.67 bits per heavy atom. The molecular formula is C11H14BrNOS. The number of hydrogen-bond acceptors (Lipinski definition) is 3. The van der Waals surface area contributed by atoms with Crippen LogP contribution in [0.3, 0.4) is 0 Å². The molecule has 1 saturated heterocycles. The molecule has 0 aliphatic carbocycles. The van der Waals surface area contributed by atoms with Crippen molar-refractivity contribution in [3.63, 3.8) is 0 Å². The first-order valence-corrected chi connectivity index (χ1v) is 6.90. The molecule has 0 atom stereocenters. The van der Waals surface area contributed by atoms with Gasteiger partial charge in [-0.05, 0) is 36.3 Å². The number of anilines is 1. The van der Waals surface area contributed by atoms with E-state index in [1.807, 2.05) is 6.26 Å². The summed E-state index contributed by atoms with van der Waals surface area (Å²) in [7, 11) is 0. The minimum Gasteiger partial charge on any atom is -0.371 e. The Morgan fingerprint density at radius 1 is 1.40 bits per heavy atom. The standard InChI is InChI=1S/C11H14BrNOS/c1-15-14-8-9-6-13(7-9)11-4-2-10(12)3-5-11/h2-5,9H,6-8H2,1H3. The Kier molecular flexibility index (Phi) is 3.94. The summed E-state index contributed by atoms with van der Waals surface area (Å²) in [6.45, 7) is 3.10. The lowest BCUT2D eigenvalue weighted by molar-refractivity contribution is 0.251. The fourth-order valence-corrected chi connectivity index (χ4v) is 2.30. The molecule has 1 fully saturated rings. The van der Waals surface area contributed by atoms with Gasteiger partial charge in [-0.25, -0.2) is 0 Å². The minimum atomic E-state index is 0.695. The molecule has 1 heterocycles. The molecule has 0 unspecified atom stereocenters. The zero-order chi connectivity index (χ0) is 10.7. The summed E-state index contributed by atoms with van der Waals surface area (Å²) < 4.78 is 6.46. The molecule has 0 amide bonds. The highest BCUT2D eigenvalue weighted by atomic mass is 79.9. The largest absolute Gasteiger partial charge is 0.371 e. The van der Waals surface area contributed by atoms with Gasteiger partial charge in [-0.2, -0.15) is 0 Å². The average molecular weight is 288 g/mol. The van der Waals surface area contributed by atoms with Gasteiger partial charge in [0.1, 0.15) is 0 Å². The third-order valence-electron chi connectivity index (χ3n) is 2.57. The molecule has 1 aromatic rings. The van der Waals surface area contributed by atoms with Crippen LogP contribution in [0.1, 0.15) is 0 Å². The van der Waals surface area contributed by atoms with Gasteiger partial charge in [0.25, 0.3) is 0 Å². The minimum absolute atomic E-state index is 0.695. The molecule has 0 aromatic heterocycles. The summed E-state index contributed by atoms with van der Waals surface area (Å²) in [6.07, 6.45) is 1.96. The Bertz CT molecular complexity index is 311. The van der Waals surface area contributed by atoms with Gasteiger partial charge in [0.2, 0.25) is 0 Å². The van der Waals surface area contributed by atoms with Crippen molar-refractivity contribution in [2.24, 2.45) is 5.92 Å². The monoisotopic (exact) mass is 287 g/mol. The lowest BCUT2D eigenvalue weighted by atomic mass is 10.0. The molecule has 15 heavy (non-hydrogen) atoms. The Labute approximate surface area is 103 Å². The number of rotatable bonds is 4. The summed E-state index contributed by atoms with van der Waals surface area (Å²) in [5.74, 6) is 0.695. The summed E-state index contributed by atoms with van der Waals surface area (Å²) in [5, 5.41) is 0. The summed E-state index contributed by atoms with van der Waals surface area (Å²) in [6, 6.07) is 8.47. The van der Waals surface area contributed by atoms with Gasteiger partial charge in [-0.3, -0.25) is 0 Å². The maximum Gasteiger partial charge on any atom is 0.0675 e. The second-order valence-corrected chi connectivity index (χ2v) is 5.18. The van der Waals surface area contributed by atoms with Gasteiger partial charge in [-0.15, -0.1) is 0 Å². The predicted octanol–water partition coefficient (Wildman–Crippen LogP) is 3.18. The Hall–Kier alpha value is -0.190. The van der Waals surface area contributed by atoms with Crippen molar-refractivity contribution in [1.82, 2.24) is 0 Å². The number of hydrogen-bond donors (Lipinski definition) is 0. The van der Waals surface area contributed by atoms with E-state index in [-0.39, 0.29) is 0 Å². The van der Waals surface area contributed by atoms with Crippen molar-refractivity contribution >= 4 is 33.7 Å². The second-order valence-electron chi connectivity index (χ2n) is 3.70. The number of halogens is 1. The van der Waals surface area contributed by atoms with Crippen molar-refractivity contribution in [3.8, 4) is 0 Å². The molecule has 4 heteroatoms. The van der Waals surface area contributed by atoms with Gasteiger partial charge < -0.3 is 9.08 Å². The van der Waals surface area contributed by atoms with Crippen LogP contribution in [0.15, 0.2) is 28.7 Å². The first-order valence-electron chi connectivity index (χ1n) is 4.95. The lowest BCUT2D eigenvalue weighted by Gasteiger charge is -2.40. The maximum absolute atomic E-state index is 5.32. The quantitative estimate of drug-likeness (QED) is 0.790. The van der Waals surface area contributed by atoms with Crippen molar-refractivity contribution in [2.45, 2.75) is 0 Å². The Balaban J connectivity index is 1.81. The van der Waals surface area contributed by atoms with Gasteiger partial charge >= 0.3 is 0 Å². The van der Waals surface area contributed by atoms with Crippen LogP contribution in [0.2, 0.25) is 0 Å². The fraction of sp³-hybridized carbons (Fsp3) is 0.455. The molecular weight excluding hydrogens is 274 g/mol. The number of benzene rings is 1. The zero-order valence-corrected chi connectivity index (χ0v) is 11.1. The fourth-order valence-electron chi connectivity index (χ4n) is 1.70. The Morgan fingerprint density at radius 2 is 2.07 bits per heavy atom. The van der Waals surface area contributed by atoms with Crippen molar-refractivity contribution in [2.75, 3.05) is 30.9 Å². The van der Waals surface area contributed by atoms with Crippen LogP contribution in [0.25, 0.3) is 0 Å². The topological polar surface area (TPSA) is 12.5 Å². The van der Waals surface area contributed by atoms with E-state index in [1.165, 1.54) is 17.7 Å². The van der Waals surface area contributed by atoms with Crippen molar-refractivity contribution < 1.29 is 4.18 Å². The van der Waals surface area contributed by atoms with Crippen LogP contribution >= 0.6 is 28.0 Å². The molecule has 2 nitrogen and oxygen atoms in total. The van der Waals surface area contributed by atoms with E-state index in [2.05, 4.69) is 45.1 Å². The highest BCUT2D eigenvalue weighted by Gasteiger charge is 2.26. The summed E-state index contributed by atoms with van der Waals surface area (Å²) in [4.78, 5) is 2.38. The molecule has 1 aromatic carbocycles. The maximum atomic E-state index is 5.32. The highest BCUT2D eigenvalue weighted by Crippen LogP contribution is 2.26. The molecule has 0 bridgehead atoms. The lowest BCUT2D eigenvalue weighted by Crippen LogP contribution is -2.48. The predicted molar refractivity (Wildman–Crippen MR) is 69.3 cm³/mol. The van der Waals surface area contributed by atoms with E-state index >= 15 is 0 Å². The molecule has 82 valence electrons. The van der Waals surface area contributed by atoms with Crippen molar-refractivity contribution in [1.29, 1.82) is 0 Å².